The molecule has 92 valence electrons. The SMILES string of the molecule is CCCNCC(CC)(CC)C(CC)CC. The van der Waals surface area contributed by atoms with E-state index in [2.05, 4.69) is 39.9 Å². The molecule has 0 aromatic carbocycles. The average Bonchev–Trinajstić information content (AvgIpc) is 2.28. The molecular weight excluding hydrogens is 182 g/mol. The quantitative estimate of drug-likeness (QED) is 0.565. The molecule has 0 aliphatic rings. The highest BCUT2D eigenvalue weighted by Crippen LogP contribution is 2.38. The van der Waals surface area contributed by atoms with Crippen molar-refractivity contribution in [1.82, 2.24) is 5.32 Å². The van der Waals surface area contributed by atoms with Crippen LogP contribution in [0.25, 0.3) is 0 Å². The third-order valence-corrected chi connectivity index (χ3v) is 4.16. The first-order valence-corrected chi connectivity index (χ1v) is 6.91. The molecule has 1 heteroatoms. The van der Waals surface area contributed by atoms with Crippen molar-refractivity contribution >= 4 is 0 Å². The second kappa shape index (κ2) is 8.15. The fraction of sp³-hybridized carbons (Fsp3) is 1.00. The molecule has 0 spiro atoms. The van der Waals surface area contributed by atoms with Crippen LogP contribution in [-0.4, -0.2) is 13.1 Å². The lowest BCUT2D eigenvalue weighted by Gasteiger charge is -2.39. The number of hydrogen-bond donors (Lipinski definition) is 1. The van der Waals surface area contributed by atoms with Crippen LogP contribution in [-0.2, 0) is 0 Å². The second-order valence-corrected chi connectivity index (χ2v) is 4.76. The molecule has 0 aromatic heterocycles. The molecule has 0 atom stereocenters. The molecule has 0 rings (SSSR count). The molecule has 0 fully saturated rings. The smallest absolute Gasteiger partial charge is 0.00103 e. The van der Waals surface area contributed by atoms with Crippen molar-refractivity contribution in [3.63, 3.8) is 0 Å². The molecule has 15 heavy (non-hydrogen) atoms. The van der Waals surface area contributed by atoms with Crippen LogP contribution >= 0.6 is 0 Å². The predicted molar refractivity (Wildman–Crippen MR) is 70.2 cm³/mol. The highest BCUT2D eigenvalue weighted by atomic mass is 14.9. The van der Waals surface area contributed by atoms with Gasteiger partial charge in [0.05, 0.1) is 0 Å². The first-order chi connectivity index (χ1) is 7.20. The van der Waals surface area contributed by atoms with E-state index in [1.807, 2.05) is 0 Å². The maximum absolute atomic E-state index is 3.63. The Hall–Kier alpha value is -0.0400. The lowest BCUT2D eigenvalue weighted by atomic mass is 9.69. The Balaban J connectivity index is 4.40. The van der Waals surface area contributed by atoms with E-state index in [-0.39, 0.29) is 0 Å². The summed E-state index contributed by atoms with van der Waals surface area (Å²) in [6, 6.07) is 0. The summed E-state index contributed by atoms with van der Waals surface area (Å²) >= 11 is 0. The molecule has 0 aliphatic heterocycles. The Kier molecular flexibility index (Phi) is 8.13. The van der Waals surface area contributed by atoms with E-state index in [9.17, 15) is 0 Å². The zero-order chi connectivity index (χ0) is 11.7. The van der Waals surface area contributed by atoms with E-state index < -0.39 is 0 Å². The zero-order valence-electron chi connectivity index (χ0n) is 11.5. The molecule has 1 N–H and O–H groups in total. The second-order valence-electron chi connectivity index (χ2n) is 4.76. The van der Waals surface area contributed by atoms with Gasteiger partial charge in [-0.05, 0) is 37.1 Å². The van der Waals surface area contributed by atoms with Gasteiger partial charge in [0.1, 0.15) is 0 Å². The minimum atomic E-state index is 0.540. The van der Waals surface area contributed by atoms with Gasteiger partial charge in [0.25, 0.3) is 0 Å². The molecule has 0 bridgehead atoms. The average molecular weight is 213 g/mol. The van der Waals surface area contributed by atoms with Gasteiger partial charge in [-0.15, -0.1) is 0 Å². The third kappa shape index (κ3) is 4.14. The number of hydrogen-bond acceptors (Lipinski definition) is 1. The maximum Gasteiger partial charge on any atom is 0.00103 e. The molecule has 0 amide bonds. The van der Waals surface area contributed by atoms with Crippen LogP contribution in [0.5, 0.6) is 0 Å². The van der Waals surface area contributed by atoms with Gasteiger partial charge in [-0.25, -0.2) is 0 Å². The van der Waals surface area contributed by atoms with Crippen molar-refractivity contribution in [3.05, 3.63) is 0 Å². The summed E-state index contributed by atoms with van der Waals surface area (Å²) in [4.78, 5) is 0. The van der Waals surface area contributed by atoms with Crippen LogP contribution in [0.15, 0.2) is 0 Å². The Morgan fingerprint density at radius 3 is 1.80 bits per heavy atom. The first-order valence-electron chi connectivity index (χ1n) is 6.91. The van der Waals surface area contributed by atoms with Crippen molar-refractivity contribution in [2.75, 3.05) is 13.1 Å². The summed E-state index contributed by atoms with van der Waals surface area (Å²) in [6.45, 7) is 14.0. The molecule has 0 saturated carbocycles. The molecular formula is C14H31N. The molecule has 0 saturated heterocycles. The van der Waals surface area contributed by atoms with Gasteiger partial charge >= 0.3 is 0 Å². The standard InChI is InChI=1S/C14H31N/c1-6-11-15-12-14(9-4,10-5)13(7-2)8-3/h13,15H,6-12H2,1-5H3. The van der Waals surface area contributed by atoms with E-state index >= 15 is 0 Å². The Morgan fingerprint density at radius 1 is 0.933 bits per heavy atom. The zero-order valence-corrected chi connectivity index (χ0v) is 11.5. The van der Waals surface area contributed by atoms with E-state index in [1.165, 1.54) is 45.2 Å². The highest BCUT2D eigenvalue weighted by Gasteiger charge is 2.32. The van der Waals surface area contributed by atoms with Gasteiger partial charge in [-0.1, -0.05) is 47.5 Å². The van der Waals surface area contributed by atoms with Gasteiger partial charge in [0.15, 0.2) is 0 Å². The molecule has 0 aromatic rings. The number of rotatable bonds is 9. The lowest BCUT2D eigenvalue weighted by Crippen LogP contribution is -2.39. The molecule has 0 aliphatic carbocycles. The maximum atomic E-state index is 3.63. The predicted octanol–water partition coefficient (Wildman–Crippen LogP) is 4.23. The van der Waals surface area contributed by atoms with Crippen LogP contribution in [0.4, 0.5) is 0 Å². The van der Waals surface area contributed by atoms with Gasteiger partial charge < -0.3 is 5.32 Å². The third-order valence-electron chi connectivity index (χ3n) is 4.16. The topological polar surface area (TPSA) is 12.0 Å². The summed E-state index contributed by atoms with van der Waals surface area (Å²) < 4.78 is 0. The normalized spacial score (nSPS) is 12.4. The van der Waals surface area contributed by atoms with Gasteiger partial charge in [0, 0.05) is 6.54 Å². The summed E-state index contributed by atoms with van der Waals surface area (Å²) in [6.07, 6.45) is 6.52. The Labute approximate surface area is 97.0 Å². The van der Waals surface area contributed by atoms with Crippen molar-refractivity contribution in [1.29, 1.82) is 0 Å². The monoisotopic (exact) mass is 213 g/mol. The van der Waals surface area contributed by atoms with Crippen LogP contribution in [0, 0.1) is 11.3 Å². The van der Waals surface area contributed by atoms with E-state index in [1.54, 1.807) is 0 Å². The lowest BCUT2D eigenvalue weighted by molar-refractivity contribution is 0.129. The van der Waals surface area contributed by atoms with Crippen LogP contribution in [0.1, 0.15) is 66.7 Å². The summed E-state index contributed by atoms with van der Waals surface area (Å²) in [5.41, 5.74) is 0.540. The molecule has 0 unspecified atom stereocenters. The van der Waals surface area contributed by atoms with Crippen LogP contribution < -0.4 is 5.32 Å². The van der Waals surface area contributed by atoms with E-state index in [0.29, 0.717) is 5.41 Å². The van der Waals surface area contributed by atoms with Crippen molar-refractivity contribution in [3.8, 4) is 0 Å². The fourth-order valence-electron chi connectivity index (χ4n) is 2.89. The first kappa shape index (κ1) is 15.0. The van der Waals surface area contributed by atoms with Crippen LogP contribution in [0.3, 0.4) is 0 Å². The van der Waals surface area contributed by atoms with Crippen molar-refractivity contribution in [2.24, 2.45) is 11.3 Å². The summed E-state index contributed by atoms with van der Waals surface area (Å²) in [5, 5.41) is 3.63. The van der Waals surface area contributed by atoms with E-state index in [0.717, 1.165) is 5.92 Å². The Morgan fingerprint density at radius 2 is 1.47 bits per heavy atom. The van der Waals surface area contributed by atoms with E-state index in [4.69, 9.17) is 0 Å². The van der Waals surface area contributed by atoms with Crippen molar-refractivity contribution in [2.45, 2.75) is 66.7 Å². The summed E-state index contributed by atoms with van der Waals surface area (Å²) in [7, 11) is 0. The molecule has 0 radical (unpaired) electrons. The summed E-state index contributed by atoms with van der Waals surface area (Å²) in [5.74, 6) is 0.886. The van der Waals surface area contributed by atoms with Gasteiger partial charge in [-0.2, -0.15) is 0 Å². The number of nitrogens with one attached hydrogen (secondary N) is 1. The molecule has 0 heterocycles. The Bertz CT molecular complexity index is 134. The minimum Gasteiger partial charge on any atom is -0.316 e. The van der Waals surface area contributed by atoms with Gasteiger partial charge in [-0.3, -0.25) is 0 Å². The fourth-order valence-corrected chi connectivity index (χ4v) is 2.89. The van der Waals surface area contributed by atoms with Crippen LogP contribution in [0.2, 0.25) is 0 Å². The largest absolute Gasteiger partial charge is 0.316 e. The minimum absolute atomic E-state index is 0.540. The highest BCUT2D eigenvalue weighted by molar-refractivity contribution is 4.85. The molecule has 1 nitrogen and oxygen atoms in total. The van der Waals surface area contributed by atoms with Gasteiger partial charge in [0.2, 0.25) is 0 Å². The van der Waals surface area contributed by atoms with Crippen molar-refractivity contribution < 1.29 is 0 Å².